The van der Waals surface area contributed by atoms with E-state index in [4.69, 9.17) is 5.73 Å². The van der Waals surface area contributed by atoms with Gasteiger partial charge in [0.25, 0.3) is 0 Å². The average molecular weight is 334 g/mol. The predicted molar refractivity (Wildman–Crippen MR) is 96.3 cm³/mol. The molecule has 0 radical (unpaired) electrons. The Morgan fingerprint density at radius 3 is 2.27 bits per heavy atom. The first-order valence-electron chi connectivity index (χ1n) is 8.45. The molecule has 1 heterocycles. The van der Waals surface area contributed by atoms with E-state index in [1.807, 2.05) is 6.92 Å². The number of amides is 1. The number of carbonyl (C=O) groups is 1. The second kappa shape index (κ2) is 9.09. The van der Waals surface area contributed by atoms with Gasteiger partial charge in [-0.3, -0.25) is 9.69 Å². The monoisotopic (exact) mass is 333 g/mol. The number of nitrogens with zero attached hydrogens (tertiary/aromatic N) is 1. The molecular formula is C17H36ClN3O. The molecule has 0 aromatic rings. The molecule has 3 N–H and O–H groups in total. The van der Waals surface area contributed by atoms with E-state index in [9.17, 15) is 4.79 Å². The van der Waals surface area contributed by atoms with Gasteiger partial charge in [-0.05, 0) is 38.0 Å². The molecule has 4 nitrogen and oxygen atoms in total. The standard InChI is InChI=1S/C17H35N3O.ClH/c1-7-14(4)15(18)16(21)19-11-17(5,6)20-9-12(2)8-13(3)10-20;/h12-15H,7-11,18H2,1-6H3,(H,19,21);1H. The largest absolute Gasteiger partial charge is 0.353 e. The first-order chi connectivity index (χ1) is 9.67. The number of rotatable bonds is 6. The van der Waals surface area contributed by atoms with Gasteiger partial charge in [0, 0.05) is 25.2 Å². The van der Waals surface area contributed by atoms with Crippen LogP contribution >= 0.6 is 12.4 Å². The summed E-state index contributed by atoms with van der Waals surface area (Å²) in [6, 6.07) is -0.398. The normalized spacial score (nSPS) is 26.0. The van der Waals surface area contributed by atoms with Crippen molar-refractivity contribution in [3.63, 3.8) is 0 Å². The number of nitrogens with one attached hydrogen (secondary N) is 1. The third-order valence-corrected chi connectivity index (χ3v) is 4.98. The molecule has 0 aromatic heterocycles. The second-order valence-corrected chi connectivity index (χ2v) is 7.79. The predicted octanol–water partition coefficient (Wildman–Crippen LogP) is 2.65. The zero-order chi connectivity index (χ0) is 16.2. The number of halogens is 1. The van der Waals surface area contributed by atoms with Crippen molar-refractivity contribution in [2.24, 2.45) is 23.5 Å². The highest BCUT2D eigenvalue weighted by atomic mass is 35.5. The summed E-state index contributed by atoms with van der Waals surface area (Å²) in [6.45, 7) is 16.1. The van der Waals surface area contributed by atoms with Crippen molar-refractivity contribution in [2.45, 2.75) is 66.0 Å². The van der Waals surface area contributed by atoms with Crippen LogP contribution in [0.5, 0.6) is 0 Å². The Balaban J connectivity index is 0.00000441. The summed E-state index contributed by atoms with van der Waals surface area (Å²) in [5.41, 5.74) is 5.98. The number of piperidine rings is 1. The van der Waals surface area contributed by atoms with Crippen molar-refractivity contribution in [2.75, 3.05) is 19.6 Å². The fraction of sp³-hybridized carbons (Fsp3) is 0.941. The molecule has 132 valence electrons. The van der Waals surface area contributed by atoms with Crippen LogP contribution in [-0.4, -0.2) is 42.0 Å². The lowest BCUT2D eigenvalue weighted by atomic mass is 9.88. The average Bonchev–Trinajstić information content (AvgIpc) is 2.42. The minimum Gasteiger partial charge on any atom is -0.353 e. The van der Waals surface area contributed by atoms with Gasteiger partial charge < -0.3 is 11.1 Å². The molecule has 0 saturated carbocycles. The van der Waals surface area contributed by atoms with Crippen LogP contribution in [0, 0.1) is 17.8 Å². The highest BCUT2D eigenvalue weighted by Gasteiger charge is 2.33. The summed E-state index contributed by atoms with van der Waals surface area (Å²) in [4.78, 5) is 14.7. The fourth-order valence-corrected chi connectivity index (χ4v) is 3.20. The molecule has 1 rings (SSSR count). The lowest BCUT2D eigenvalue weighted by Crippen LogP contribution is -2.57. The SMILES string of the molecule is CCC(C)C(N)C(=O)NCC(C)(C)N1CC(C)CC(C)C1.Cl. The lowest BCUT2D eigenvalue weighted by Gasteiger charge is -2.45. The van der Waals surface area contributed by atoms with Gasteiger partial charge in [0.1, 0.15) is 0 Å². The molecular weight excluding hydrogens is 298 g/mol. The zero-order valence-corrected chi connectivity index (χ0v) is 16.0. The van der Waals surface area contributed by atoms with Crippen LogP contribution in [-0.2, 0) is 4.79 Å². The molecule has 0 spiro atoms. The molecule has 1 amide bonds. The van der Waals surface area contributed by atoms with Gasteiger partial charge in [-0.2, -0.15) is 0 Å². The van der Waals surface area contributed by atoms with Gasteiger partial charge in [0.05, 0.1) is 6.04 Å². The summed E-state index contributed by atoms with van der Waals surface area (Å²) < 4.78 is 0. The van der Waals surface area contributed by atoms with Gasteiger partial charge in [-0.15, -0.1) is 12.4 Å². The number of hydrogen-bond donors (Lipinski definition) is 2. The van der Waals surface area contributed by atoms with Gasteiger partial charge in [-0.1, -0.05) is 34.1 Å². The molecule has 22 heavy (non-hydrogen) atoms. The van der Waals surface area contributed by atoms with E-state index in [0.29, 0.717) is 6.54 Å². The smallest absolute Gasteiger partial charge is 0.237 e. The topological polar surface area (TPSA) is 58.4 Å². The van der Waals surface area contributed by atoms with E-state index in [2.05, 4.69) is 44.8 Å². The third-order valence-electron chi connectivity index (χ3n) is 4.98. The Morgan fingerprint density at radius 2 is 1.82 bits per heavy atom. The van der Waals surface area contributed by atoms with Crippen molar-refractivity contribution < 1.29 is 4.79 Å². The van der Waals surface area contributed by atoms with E-state index in [-0.39, 0.29) is 29.8 Å². The maximum atomic E-state index is 12.1. The van der Waals surface area contributed by atoms with Gasteiger partial charge in [0.15, 0.2) is 0 Å². The summed E-state index contributed by atoms with van der Waals surface area (Å²) in [7, 11) is 0. The quantitative estimate of drug-likeness (QED) is 0.785. The Kier molecular flexibility index (Phi) is 8.96. The van der Waals surface area contributed by atoms with Crippen LogP contribution in [0.25, 0.3) is 0 Å². The van der Waals surface area contributed by atoms with Crippen LogP contribution in [0.4, 0.5) is 0 Å². The molecule has 1 aliphatic heterocycles. The third kappa shape index (κ3) is 6.05. The molecule has 4 unspecified atom stereocenters. The minimum atomic E-state index is -0.398. The van der Waals surface area contributed by atoms with Crippen LogP contribution in [0.2, 0.25) is 0 Å². The van der Waals surface area contributed by atoms with Crippen LogP contribution in [0.15, 0.2) is 0 Å². The van der Waals surface area contributed by atoms with Crippen LogP contribution in [0.1, 0.15) is 54.4 Å². The highest BCUT2D eigenvalue weighted by molar-refractivity contribution is 5.85. The van der Waals surface area contributed by atoms with E-state index < -0.39 is 6.04 Å². The highest BCUT2D eigenvalue weighted by Crippen LogP contribution is 2.26. The molecule has 1 saturated heterocycles. The minimum absolute atomic E-state index is 0. The first-order valence-corrected chi connectivity index (χ1v) is 8.45. The summed E-state index contributed by atoms with van der Waals surface area (Å²) >= 11 is 0. The van der Waals surface area contributed by atoms with E-state index in [1.165, 1.54) is 6.42 Å². The summed E-state index contributed by atoms with van der Waals surface area (Å²) in [5.74, 6) is 1.66. The number of carbonyl (C=O) groups excluding carboxylic acids is 1. The zero-order valence-electron chi connectivity index (χ0n) is 15.2. The molecule has 0 bridgehead atoms. The molecule has 5 heteroatoms. The Bertz CT molecular complexity index is 339. The van der Waals surface area contributed by atoms with E-state index >= 15 is 0 Å². The Morgan fingerprint density at radius 1 is 1.32 bits per heavy atom. The fourth-order valence-electron chi connectivity index (χ4n) is 3.20. The molecule has 1 aliphatic rings. The number of hydrogen-bond acceptors (Lipinski definition) is 3. The lowest BCUT2D eigenvalue weighted by molar-refractivity contribution is -0.124. The van der Waals surface area contributed by atoms with Crippen molar-refractivity contribution in [1.29, 1.82) is 0 Å². The van der Waals surface area contributed by atoms with Gasteiger partial charge in [0.2, 0.25) is 5.91 Å². The Hall–Kier alpha value is -0.320. The summed E-state index contributed by atoms with van der Waals surface area (Å²) in [5, 5.41) is 3.06. The number of likely N-dealkylation sites (tertiary alicyclic amines) is 1. The van der Waals surface area contributed by atoms with Crippen LogP contribution < -0.4 is 11.1 Å². The van der Waals surface area contributed by atoms with Crippen molar-refractivity contribution in [1.82, 2.24) is 10.2 Å². The molecule has 0 aliphatic carbocycles. The second-order valence-electron chi connectivity index (χ2n) is 7.79. The summed E-state index contributed by atoms with van der Waals surface area (Å²) in [6.07, 6.45) is 2.23. The maximum absolute atomic E-state index is 12.1. The van der Waals surface area contributed by atoms with Crippen molar-refractivity contribution in [3.05, 3.63) is 0 Å². The van der Waals surface area contributed by atoms with E-state index in [0.717, 1.165) is 31.3 Å². The molecule has 1 fully saturated rings. The van der Waals surface area contributed by atoms with Crippen LogP contribution in [0.3, 0.4) is 0 Å². The Labute approximate surface area is 143 Å². The van der Waals surface area contributed by atoms with E-state index in [1.54, 1.807) is 0 Å². The number of nitrogens with two attached hydrogens (primary N) is 1. The van der Waals surface area contributed by atoms with Crippen molar-refractivity contribution in [3.8, 4) is 0 Å². The first kappa shape index (κ1) is 21.7. The van der Waals surface area contributed by atoms with Gasteiger partial charge >= 0.3 is 0 Å². The maximum Gasteiger partial charge on any atom is 0.237 e. The molecule has 4 atom stereocenters. The van der Waals surface area contributed by atoms with Gasteiger partial charge in [-0.25, -0.2) is 0 Å². The van der Waals surface area contributed by atoms with Crippen molar-refractivity contribution >= 4 is 18.3 Å². The molecule has 0 aromatic carbocycles.